The molecular formula is C13H14ClNO. The van der Waals surface area contributed by atoms with Gasteiger partial charge in [-0.3, -0.25) is 0 Å². The molecule has 1 aliphatic rings. The Morgan fingerprint density at radius 1 is 1.00 bits per heavy atom. The van der Waals surface area contributed by atoms with Crippen LogP contribution < -0.4 is 5.32 Å². The van der Waals surface area contributed by atoms with Crippen LogP contribution in [-0.4, -0.2) is 18.2 Å². The first kappa shape index (κ1) is 11.4. The van der Waals surface area contributed by atoms with E-state index in [0.29, 0.717) is 13.1 Å². The summed E-state index contributed by atoms with van der Waals surface area (Å²) in [4.78, 5) is 0. The Labute approximate surface area is 101 Å². The van der Waals surface area contributed by atoms with Gasteiger partial charge in [0, 0.05) is 13.1 Å². The first-order valence-electron chi connectivity index (χ1n) is 5.21. The fourth-order valence-electron chi connectivity index (χ4n) is 2.18. The number of hydrogen-bond donors (Lipinski definition) is 2. The molecule has 1 heterocycles. The summed E-state index contributed by atoms with van der Waals surface area (Å²) < 4.78 is 0. The number of nitrogens with one attached hydrogen (secondary N) is 1. The number of hydrogen-bond acceptors (Lipinski definition) is 2. The number of β-amino-alcohol motifs (C(OH)–C–C–N with tert-alkyl or cyclic N) is 1. The van der Waals surface area contributed by atoms with Crippen LogP contribution in [0.5, 0.6) is 0 Å². The molecule has 0 radical (unpaired) electrons. The minimum Gasteiger partial charge on any atom is -0.382 e. The van der Waals surface area contributed by atoms with E-state index in [2.05, 4.69) is 23.5 Å². The highest BCUT2D eigenvalue weighted by Crippen LogP contribution is 2.31. The number of fused-ring (bicyclic) bond motifs is 1. The van der Waals surface area contributed by atoms with Crippen LogP contribution in [0.3, 0.4) is 0 Å². The van der Waals surface area contributed by atoms with Crippen LogP contribution in [-0.2, 0) is 5.60 Å². The second-order valence-corrected chi connectivity index (χ2v) is 4.16. The maximum absolute atomic E-state index is 10.3. The zero-order valence-corrected chi connectivity index (χ0v) is 9.63. The second kappa shape index (κ2) is 4.06. The first-order valence-corrected chi connectivity index (χ1v) is 5.21. The van der Waals surface area contributed by atoms with Crippen LogP contribution >= 0.6 is 12.4 Å². The van der Waals surface area contributed by atoms with Crippen molar-refractivity contribution in [1.82, 2.24) is 5.32 Å². The van der Waals surface area contributed by atoms with Crippen molar-refractivity contribution in [3.63, 3.8) is 0 Å². The van der Waals surface area contributed by atoms with E-state index in [0.717, 1.165) is 10.9 Å². The lowest BCUT2D eigenvalue weighted by atomic mass is 9.85. The highest BCUT2D eigenvalue weighted by Gasteiger charge is 2.37. The van der Waals surface area contributed by atoms with Gasteiger partial charge in [-0.2, -0.15) is 0 Å². The van der Waals surface area contributed by atoms with Gasteiger partial charge in [-0.25, -0.2) is 0 Å². The Balaban J connectivity index is 0.000000963. The zero-order valence-electron chi connectivity index (χ0n) is 8.81. The van der Waals surface area contributed by atoms with E-state index in [4.69, 9.17) is 0 Å². The quantitative estimate of drug-likeness (QED) is 0.793. The smallest absolute Gasteiger partial charge is 0.115 e. The van der Waals surface area contributed by atoms with E-state index in [9.17, 15) is 5.11 Å². The molecule has 1 fully saturated rings. The van der Waals surface area contributed by atoms with Crippen LogP contribution in [0.25, 0.3) is 10.8 Å². The summed E-state index contributed by atoms with van der Waals surface area (Å²) in [6.45, 7) is 1.31. The normalized spacial score (nSPS) is 17.6. The van der Waals surface area contributed by atoms with Gasteiger partial charge in [-0.15, -0.1) is 12.4 Å². The molecule has 0 atom stereocenters. The molecule has 2 aromatic carbocycles. The molecule has 0 bridgehead atoms. The van der Waals surface area contributed by atoms with E-state index in [1.165, 1.54) is 5.39 Å². The standard InChI is InChI=1S/C13H13NO.ClH/c15-13(8-14-9-13)12-7-3-5-10-4-1-2-6-11(10)12;/h1-7,14-15H,8-9H2;1H. The molecule has 0 amide bonds. The summed E-state index contributed by atoms with van der Waals surface area (Å²) in [6.07, 6.45) is 0. The van der Waals surface area contributed by atoms with Crippen LogP contribution in [0, 0.1) is 0 Å². The first-order chi connectivity index (χ1) is 7.30. The summed E-state index contributed by atoms with van der Waals surface area (Å²) in [7, 11) is 0. The predicted octanol–water partition coefficient (Wildman–Crippen LogP) is 2.05. The highest BCUT2D eigenvalue weighted by atomic mass is 35.5. The summed E-state index contributed by atoms with van der Waals surface area (Å²) in [5.41, 5.74) is 0.375. The maximum atomic E-state index is 10.3. The lowest BCUT2D eigenvalue weighted by molar-refractivity contribution is -0.0132. The summed E-state index contributed by atoms with van der Waals surface area (Å²) in [5, 5.41) is 15.8. The molecule has 2 N–H and O–H groups in total. The third kappa shape index (κ3) is 1.59. The lowest BCUT2D eigenvalue weighted by Gasteiger charge is -2.38. The van der Waals surface area contributed by atoms with Gasteiger partial charge in [-0.1, -0.05) is 42.5 Å². The van der Waals surface area contributed by atoms with Gasteiger partial charge in [0.05, 0.1) is 0 Å². The second-order valence-electron chi connectivity index (χ2n) is 4.16. The summed E-state index contributed by atoms with van der Waals surface area (Å²) >= 11 is 0. The summed E-state index contributed by atoms with van der Waals surface area (Å²) in [5.74, 6) is 0. The van der Waals surface area contributed by atoms with Gasteiger partial charge in [0.25, 0.3) is 0 Å². The third-order valence-corrected chi connectivity index (χ3v) is 3.13. The molecule has 1 aliphatic heterocycles. The van der Waals surface area contributed by atoms with Crippen molar-refractivity contribution in [2.45, 2.75) is 5.60 Å². The van der Waals surface area contributed by atoms with Crippen LogP contribution in [0.2, 0.25) is 0 Å². The Kier molecular flexibility index (Phi) is 2.89. The van der Waals surface area contributed by atoms with Crippen molar-refractivity contribution < 1.29 is 5.11 Å². The molecule has 3 rings (SSSR count). The fourth-order valence-corrected chi connectivity index (χ4v) is 2.18. The maximum Gasteiger partial charge on any atom is 0.115 e. The molecule has 2 nitrogen and oxygen atoms in total. The van der Waals surface area contributed by atoms with Gasteiger partial charge in [0.15, 0.2) is 0 Å². The Bertz CT molecular complexity index is 503. The molecule has 16 heavy (non-hydrogen) atoms. The fraction of sp³-hybridized carbons (Fsp3) is 0.231. The van der Waals surface area contributed by atoms with Crippen molar-refractivity contribution in [3.8, 4) is 0 Å². The van der Waals surface area contributed by atoms with Gasteiger partial charge in [-0.05, 0) is 16.3 Å². The third-order valence-electron chi connectivity index (χ3n) is 3.13. The SMILES string of the molecule is Cl.OC1(c2cccc3ccccc23)CNC1. The zero-order chi connectivity index (χ0) is 10.3. The molecule has 0 saturated carbocycles. The van der Waals surface area contributed by atoms with Crippen molar-refractivity contribution in [3.05, 3.63) is 48.0 Å². The van der Waals surface area contributed by atoms with E-state index in [-0.39, 0.29) is 12.4 Å². The van der Waals surface area contributed by atoms with Gasteiger partial charge in [0.1, 0.15) is 5.60 Å². The number of halogens is 1. The summed E-state index contributed by atoms with van der Waals surface area (Å²) in [6, 6.07) is 14.3. The lowest BCUT2D eigenvalue weighted by Crippen LogP contribution is -2.56. The van der Waals surface area contributed by atoms with Crippen molar-refractivity contribution >= 4 is 23.2 Å². The topological polar surface area (TPSA) is 32.3 Å². The van der Waals surface area contributed by atoms with Crippen molar-refractivity contribution in [2.75, 3.05) is 13.1 Å². The van der Waals surface area contributed by atoms with E-state index in [1.54, 1.807) is 0 Å². The predicted molar refractivity (Wildman–Crippen MR) is 68.0 cm³/mol. The largest absolute Gasteiger partial charge is 0.382 e. The molecular weight excluding hydrogens is 222 g/mol. The number of benzene rings is 2. The highest BCUT2D eigenvalue weighted by molar-refractivity contribution is 5.86. The van der Waals surface area contributed by atoms with Crippen molar-refractivity contribution in [2.24, 2.45) is 0 Å². The van der Waals surface area contributed by atoms with Crippen LogP contribution in [0.15, 0.2) is 42.5 Å². The number of rotatable bonds is 1. The number of aliphatic hydroxyl groups is 1. The Morgan fingerprint density at radius 3 is 2.38 bits per heavy atom. The van der Waals surface area contributed by atoms with Gasteiger partial charge < -0.3 is 10.4 Å². The van der Waals surface area contributed by atoms with Crippen LogP contribution in [0.1, 0.15) is 5.56 Å². The molecule has 84 valence electrons. The Hall–Kier alpha value is -1.09. The minimum absolute atomic E-state index is 0. The molecule has 0 spiro atoms. The van der Waals surface area contributed by atoms with Crippen molar-refractivity contribution in [1.29, 1.82) is 0 Å². The molecule has 0 aliphatic carbocycles. The molecule has 3 heteroatoms. The van der Waals surface area contributed by atoms with E-state index >= 15 is 0 Å². The van der Waals surface area contributed by atoms with Gasteiger partial charge in [0.2, 0.25) is 0 Å². The van der Waals surface area contributed by atoms with E-state index < -0.39 is 5.60 Å². The molecule has 0 aromatic heterocycles. The van der Waals surface area contributed by atoms with Gasteiger partial charge >= 0.3 is 0 Å². The van der Waals surface area contributed by atoms with E-state index in [1.807, 2.05) is 24.3 Å². The molecule has 1 saturated heterocycles. The minimum atomic E-state index is -0.666. The Morgan fingerprint density at radius 2 is 1.69 bits per heavy atom. The monoisotopic (exact) mass is 235 g/mol. The average Bonchev–Trinajstić information content (AvgIpc) is 2.25. The average molecular weight is 236 g/mol. The molecule has 2 aromatic rings. The van der Waals surface area contributed by atoms with Crippen LogP contribution in [0.4, 0.5) is 0 Å². The molecule has 0 unspecified atom stereocenters.